The highest BCUT2D eigenvalue weighted by molar-refractivity contribution is 6.31. The molecule has 0 fully saturated rings. The van der Waals surface area contributed by atoms with Gasteiger partial charge in [0.25, 0.3) is 0 Å². The third-order valence-corrected chi connectivity index (χ3v) is 3.94. The molecule has 2 aliphatic heterocycles. The molecule has 1 aromatic carbocycles. The Morgan fingerprint density at radius 3 is 2.95 bits per heavy atom. The SMILES string of the molecule is O=C(O)C1CNC=C(C2C(=O)Nc3cc(Cl)ccc32)C1. The van der Waals surface area contributed by atoms with E-state index in [0.29, 0.717) is 23.7 Å². The van der Waals surface area contributed by atoms with E-state index in [-0.39, 0.29) is 5.91 Å². The highest BCUT2D eigenvalue weighted by Gasteiger charge is 2.36. The number of fused-ring (bicyclic) bond motifs is 1. The van der Waals surface area contributed by atoms with Crippen molar-refractivity contribution in [3.63, 3.8) is 0 Å². The van der Waals surface area contributed by atoms with Gasteiger partial charge in [0.2, 0.25) is 5.91 Å². The van der Waals surface area contributed by atoms with E-state index >= 15 is 0 Å². The summed E-state index contributed by atoms with van der Waals surface area (Å²) >= 11 is 5.91. The van der Waals surface area contributed by atoms with Gasteiger partial charge in [0, 0.05) is 17.3 Å². The summed E-state index contributed by atoms with van der Waals surface area (Å²) in [6, 6.07) is 5.25. The Hall–Kier alpha value is -2.01. The summed E-state index contributed by atoms with van der Waals surface area (Å²) in [5.74, 6) is -1.92. The second-order valence-corrected chi connectivity index (χ2v) is 5.46. The van der Waals surface area contributed by atoms with Crippen molar-refractivity contribution in [2.45, 2.75) is 12.3 Å². The molecule has 2 aliphatic rings. The first-order chi connectivity index (χ1) is 9.56. The number of carboxylic acids is 1. The molecule has 0 aliphatic carbocycles. The maximum atomic E-state index is 12.1. The number of amides is 1. The maximum Gasteiger partial charge on any atom is 0.308 e. The highest BCUT2D eigenvalue weighted by Crippen LogP contribution is 2.40. The van der Waals surface area contributed by atoms with Crippen LogP contribution in [0.25, 0.3) is 0 Å². The molecule has 3 rings (SSSR count). The van der Waals surface area contributed by atoms with E-state index in [0.717, 1.165) is 11.1 Å². The molecule has 5 nitrogen and oxygen atoms in total. The average Bonchev–Trinajstić information content (AvgIpc) is 2.73. The molecule has 0 saturated heterocycles. The Bertz CT molecular complexity index is 627. The minimum Gasteiger partial charge on any atom is -0.481 e. The van der Waals surface area contributed by atoms with Crippen LogP contribution in [0.5, 0.6) is 0 Å². The fourth-order valence-electron chi connectivity index (χ4n) is 2.73. The Labute approximate surface area is 120 Å². The molecular formula is C14H13ClN2O3. The predicted octanol–water partition coefficient (Wildman–Crippen LogP) is 1.95. The second kappa shape index (κ2) is 4.83. The Balaban J connectivity index is 1.93. The van der Waals surface area contributed by atoms with Crippen molar-refractivity contribution in [2.75, 3.05) is 11.9 Å². The topological polar surface area (TPSA) is 78.4 Å². The minimum absolute atomic E-state index is 0.138. The van der Waals surface area contributed by atoms with Crippen LogP contribution in [0.2, 0.25) is 5.02 Å². The Morgan fingerprint density at radius 1 is 1.40 bits per heavy atom. The largest absolute Gasteiger partial charge is 0.481 e. The lowest BCUT2D eigenvalue weighted by Crippen LogP contribution is -2.32. The van der Waals surface area contributed by atoms with Crippen molar-refractivity contribution in [1.29, 1.82) is 0 Å². The lowest BCUT2D eigenvalue weighted by Gasteiger charge is -2.23. The lowest BCUT2D eigenvalue weighted by molar-refractivity contribution is -0.141. The molecule has 3 N–H and O–H groups in total. The zero-order valence-electron chi connectivity index (χ0n) is 10.5. The highest BCUT2D eigenvalue weighted by atomic mass is 35.5. The molecule has 1 amide bonds. The molecule has 0 spiro atoms. The summed E-state index contributed by atoms with van der Waals surface area (Å²) in [7, 11) is 0. The third-order valence-electron chi connectivity index (χ3n) is 3.70. The van der Waals surface area contributed by atoms with E-state index in [9.17, 15) is 9.59 Å². The molecule has 20 heavy (non-hydrogen) atoms. The van der Waals surface area contributed by atoms with Crippen LogP contribution in [0, 0.1) is 5.92 Å². The smallest absolute Gasteiger partial charge is 0.308 e. The number of anilines is 1. The Morgan fingerprint density at radius 2 is 2.20 bits per heavy atom. The first-order valence-corrected chi connectivity index (χ1v) is 6.69. The summed E-state index contributed by atoms with van der Waals surface area (Å²) in [6.45, 7) is 0.390. The van der Waals surface area contributed by atoms with Gasteiger partial charge in [0.15, 0.2) is 0 Å². The van der Waals surface area contributed by atoms with Crippen LogP contribution < -0.4 is 10.6 Å². The second-order valence-electron chi connectivity index (χ2n) is 5.02. The van der Waals surface area contributed by atoms with Gasteiger partial charge in [-0.15, -0.1) is 0 Å². The zero-order chi connectivity index (χ0) is 14.3. The van der Waals surface area contributed by atoms with E-state index in [1.807, 2.05) is 6.07 Å². The van der Waals surface area contributed by atoms with Crippen molar-refractivity contribution in [3.8, 4) is 0 Å². The summed E-state index contributed by atoms with van der Waals surface area (Å²) in [4.78, 5) is 23.2. The minimum atomic E-state index is -0.849. The fourth-order valence-corrected chi connectivity index (χ4v) is 2.90. The molecule has 0 bridgehead atoms. The molecular weight excluding hydrogens is 280 g/mol. The van der Waals surface area contributed by atoms with E-state index < -0.39 is 17.8 Å². The van der Waals surface area contributed by atoms with Crippen molar-refractivity contribution in [3.05, 3.63) is 40.6 Å². The monoisotopic (exact) mass is 292 g/mol. The number of carbonyl (C=O) groups is 2. The van der Waals surface area contributed by atoms with Gasteiger partial charge < -0.3 is 15.7 Å². The number of rotatable bonds is 2. The summed E-state index contributed by atoms with van der Waals surface area (Å²) in [5.41, 5.74) is 2.34. The van der Waals surface area contributed by atoms with Gasteiger partial charge >= 0.3 is 5.97 Å². The van der Waals surface area contributed by atoms with Gasteiger partial charge in [-0.1, -0.05) is 17.7 Å². The molecule has 104 valence electrons. The summed E-state index contributed by atoms with van der Waals surface area (Å²) in [5, 5.41) is 15.4. The quantitative estimate of drug-likeness (QED) is 0.778. The van der Waals surface area contributed by atoms with E-state index in [4.69, 9.17) is 16.7 Å². The molecule has 2 atom stereocenters. The number of carboxylic acid groups (broad SMARTS) is 1. The van der Waals surface area contributed by atoms with Crippen LogP contribution in [0.4, 0.5) is 5.69 Å². The maximum absolute atomic E-state index is 12.1. The van der Waals surface area contributed by atoms with Crippen molar-refractivity contribution < 1.29 is 14.7 Å². The predicted molar refractivity (Wildman–Crippen MR) is 74.7 cm³/mol. The number of aliphatic carboxylic acids is 1. The van der Waals surface area contributed by atoms with Gasteiger partial charge in [0.1, 0.15) is 0 Å². The number of hydrogen-bond donors (Lipinski definition) is 3. The number of halogens is 1. The van der Waals surface area contributed by atoms with Crippen LogP contribution in [0.1, 0.15) is 17.9 Å². The number of benzene rings is 1. The standard InChI is InChI=1S/C14H13ClN2O3/c15-9-1-2-10-11(4-9)17-13(18)12(10)7-3-8(14(19)20)6-16-5-7/h1-2,4-5,8,12,16H,3,6H2,(H,17,18)(H,19,20). The molecule has 2 unspecified atom stereocenters. The van der Waals surface area contributed by atoms with Crippen LogP contribution >= 0.6 is 11.6 Å². The molecule has 0 aromatic heterocycles. The number of nitrogens with one attached hydrogen (secondary N) is 2. The summed E-state index contributed by atoms with van der Waals surface area (Å²) < 4.78 is 0. The van der Waals surface area contributed by atoms with Gasteiger partial charge in [-0.2, -0.15) is 0 Å². The number of carbonyl (C=O) groups excluding carboxylic acids is 1. The van der Waals surface area contributed by atoms with Gasteiger partial charge in [-0.25, -0.2) is 0 Å². The molecule has 1 aromatic rings. The van der Waals surface area contributed by atoms with Crippen molar-refractivity contribution >= 4 is 29.2 Å². The van der Waals surface area contributed by atoms with Crippen molar-refractivity contribution in [1.82, 2.24) is 5.32 Å². The van der Waals surface area contributed by atoms with Crippen molar-refractivity contribution in [2.24, 2.45) is 5.92 Å². The fraction of sp³-hybridized carbons (Fsp3) is 0.286. The zero-order valence-corrected chi connectivity index (χ0v) is 11.3. The number of hydrogen-bond acceptors (Lipinski definition) is 3. The van der Waals surface area contributed by atoms with E-state index in [2.05, 4.69) is 10.6 Å². The normalized spacial score (nSPS) is 24.4. The Kier molecular flexibility index (Phi) is 3.14. The van der Waals surface area contributed by atoms with E-state index in [1.165, 1.54) is 0 Å². The summed E-state index contributed by atoms with van der Waals surface area (Å²) in [6.07, 6.45) is 2.13. The van der Waals surface area contributed by atoms with Crippen LogP contribution in [-0.4, -0.2) is 23.5 Å². The van der Waals surface area contributed by atoms with Crippen LogP contribution in [0.15, 0.2) is 30.0 Å². The van der Waals surface area contributed by atoms with Crippen LogP contribution in [-0.2, 0) is 9.59 Å². The molecule has 0 saturated carbocycles. The molecule has 6 heteroatoms. The van der Waals surface area contributed by atoms with Gasteiger partial charge in [0.05, 0.1) is 11.8 Å². The molecule has 0 radical (unpaired) electrons. The average molecular weight is 293 g/mol. The third kappa shape index (κ3) is 2.14. The van der Waals surface area contributed by atoms with Crippen LogP contribution in [0.3, 0.4) is 0 Å². The first kappa shape index (κ1) is 13.0. The molecule has 2 heterocycles. The first-order valence-electron chi connectivity index (χ1n) is 6.31. The lowest BCUT2D eigenvalue weighted by atomic mass is 9.85. The van der Waals surface area contributed by atoms with Gasteiger partial charge in [-0.05, 0) is 35.9 Å². The van der Waals surface area contributed by atoms with Gasteiger partial charge in [-0.3, -0.25) is 9.59 Å². The van der Waals surface area contributed by atoms with E-state index in [1.54, 1.807) is 18.3 Å².